The van der Waals surface area contributed by atoms with Crippen molar-refractivity contribution in [1.29, 1.82) is 0 Å². The molecular formula is C33H54N12O6. The van der Waals surface area contributed by atoms with E-state index in [1.807, 2.05) is 30.3 Å². The minimum absolute atomic E-state index is 0.0249. The highest BCUT2D eigenvalue weighted by molar-refractivity contribution is 5.95. The molecule has 14 N–H and O–H groups in total. The number of aldehydes is 2. The van der Waals surface area contributed by atoms with Crippen LogP contribution in [-0.2, 0) is 35.2 Å². The van der Waals surface area contributed by atoms with Crippen LogP contribution in [0.3, 0.4) is 0 Å². The molecule has 2 saturated heterocycles. The highest BCUT2D eigenvalue weighted by atomic mass is 16.2. The molecule has 2 heterocycles. The predicted molar refractivity (Wildman–Crippen MR) is 192 cm³/mol. The maximum atomic E-state index is 13.5. The fourth-order valence-electron chi connectivity index (χ4n) is 5.78. The van der Waals surface area contributed by atoms with Gasteiger partial charge >= 0.3 is 0 Å². The van der Waals surface area contributed by atoms with E-state index in [9.17, 15) is 28.8 Å². The molecule has 0 bridgehead atoms. The van der Waals surface area contributed by atoms with Crippen LogP contribution in [0.5, 0.6) is 0 Å². The summed E-state index contributed by atoms with van der Waals surface area (Å²) >= 11 is 0. The predicted octanol–water partition coefficient (Wildman–Crippen LogP) is -3.04. The summed E-state index contributed by atoms with van der Waals surface area (Å²) in [6.07, 6.45) is 6.22. The summed E-state index contributed by atoms with van der Waals surface area (Å²) in [5.74, 6) is -1.49. The van der Waals surface area contributed by atoms with E-state index in [1.54, 1.807) is 0 Å². The number of guanidine groups is 2. The molecule has 3 rings (SSSR count). The van der Waals surface area contributed by atoms with E-state index in [2.05, 4.69) is 20.6 Å². The molecule has 0 unspecified atom stereocenters. The number of hydrogen-bond acceptors (Lipinski definition) is 10. The third kappa shape index (κ3) is 15.1. The Labute approximate surface area is 298 Å². The zero-order valence-electron chi connectivity index (χ0n) is 29.0. The number of aliphatic imine (C=N–C) groups is 2. The number of hydrogen-bond donors (Lipinski definition) is 8. The molecule has 2 aliphatic heterocycles. The van der Waals surface area contributed by atoms with Gasteiger partial charge in [-0.25, -0.2) is 0 Å². The van der Waals surface area contributed by atoms with Gasteiger partial charge in [0.2, 0.25) is 23.6 Å². The smallest absolute Gasteiger partial charge is 0.246 e. The summed E-state index contributed by atoms with van der Waals surface area (Å²) in [4.78, 5) is 84.0. The molecule has 0 radical (unpaired) electrons. The second-order valence-corrected chi connectivity index (χ2v) is 12.4. The largest absolute Gasteiger partial charge is 0.370 e. The zero-order valence-corrected chi connectivity index (χ0v) is 29.0. The Kier molecular flexibility index (Phi) is 18.6. The number of amides is 4. The van der Waals surface area contributed by atoms with Gasteiger partial charge in [0, 0.05) is 26.2 Å². The maximum absolute atomic E-state index is 13.5. The van der Waals surface area contributed by atoms with E-state index in [0.717, 1.165) is 18.3 Å². The minimum atomic E-state index is -0.782. The van der Waals surface area contributed by atoms with Crippen LogP contribution in [0, 0.1) is 0 Å². The Balaban J connectivity index is 0.000000705. The van der Waals surface area contributed by atoms with Gasteiger partial charge in [-0.3, -0.25) is 29.2 Å². The van der Waals surface area contributed by atoms with Gasteiger partial charge in [0.25, 0.3) is 0 Å². The molecule has 5 atom stereocenters. The SMILES string of the molecule is NC(N)=NCCC[C@H](N)C(=O)N1CCC[C@H]1C(=O)N1CCC[C@H]1C(=O)NCC(=O)N[C@H](C=O)Cc1ccccc1.NC(N)=NCCC[C@H](N)C=O. The Bertz CT molecular complexity index is 1350. The molecule has 0 aliphatic carbocycles. The molecule has 4 amide bonds. The van der Waals surface area contributed by atoms with Crippen molar-refractivity contribution in [2.24, 2.45) is 44.4 Å². The van der Waals surface area contributed by atoms with Crippen molar-refractivity contribution in [3.63, 3.8) is 0 Å². The lowest BCUT2D eigenvalue weighted by molar-refractivity contribution is -0.147. The third-order valence-corrected chi connectivity index (χ3v) is 8.34. The normalized spacial score (nSPS) is 18.2. The molecule has 18 heteroatoms. The first-order valence-electron chi connectivity index (χ1n) is 17.1. The van der Waals surface area contributed by atoms with E-state index in [1.165, 1.54) is 9.80 Å². The number of nitrogens with zero attached hydrogens (tertiary/aromatic N) is 4. The fourth-order valence-corrected chi connectivity index (χ4v) is 5.78. The first kappa shape index (κ1) is 42.1. The topological polar surface area (TPSA) is 314 Å². The number of likely N-dealkylation sites (tertiary alicyclic amines) is 2. The summed E-state index contributed by atoms with van der Waals surface area (Å²) in [6.45, 7) is 1.37. The Morgan fingerprint density at radius 3 is 2.00 bits per heavy atom. The number of carbonyl (C=O) groups excluding carboxylic acids is 6. The lowest BCUT2D eigenvalue weighted by atomic mass is 10.1. The van der Waals surface area contributed by atoms with E-state index < -0.39 is 36.0 Å². The van der Waals surface area contributed by atoms with Crippen LogP contribution in [0.4, 0.5) is 0 Å². The summed E-state index contributed by atoms with van der Waals surface area (Å²) < 4.78 is 0. The molecule has 282 valence electrons. The Morgan fingerprint density at radius 2 is 1.41 bits per heavy atom. The van der Waals surface area contributed by atoms with Crippen LogP contribution in [-0.4, -0.2) is 121 Å². The number of nitrogens with one attached hydrogen (secondary N) is 2. The molecule has 18 nitrogen and oxygen atoms in total. The van der Waals surface area contributed by atoms with Gasteiger partial charge in [0.05, 0.1) is 24.7 Å². The zero-order chi connectivity index (χ0) is 37.8. The molecular weight excluding hydrogens is 660 g/mol. The average Bonchev–Trinajstić information content (AvgIpc) is 3.81. The van der Waals surface area contributed by atoms with E-state index in [4.69, 9.17) is 34.4 Å². The number of rotatable bonds is 18. The van der Waals surface area contributed by atoms with Crippen molar-refractivity contribution in [3.8, 4) is 0 Å². The van der Waals surface area contributed by atoms with E-state index >= 15 is 0 Å². The number of carbonyl (C=O) groups is 6. The first-order valence-corrected chi connectivity index (χ1v) is 17.1. The average molecular weight is 715 g/mol. The van der Waals surface area contributed by atoms with E-state index in [-0.39, 0.29) is 36.3 Å². The van der Waals surface area contributed by atoms with Crippen LogP contribution < -0.4 is 45.0 Å². The number of nitrogens with two attached hydrogens (primary N) is 6. The van der Waals surface area contributed by atoms with Crippen LogP contribution in [0.2, 0.25) is 0 Å². The molecule has 1 aromatic carbocycles. The molecule has 1 aromatic rings. The lowest BCUT2D eigenvalue weighted by Gasteiger charge is -2.32. The highest BCUT2D eigenvalue weighted by Gasteiger charge is 2.42. The molecule has 0 spiro atoms. The summed E-state index contributed by atoms with van der Waals surface area (Å²) in [6, 6.07) is 5.97. The highest BCUT2D eigenvalue weighted by Crippen LogP contribution is 2.25. The van der Waals surface area contributed by atoms with Gasteiger partial charge in [0.1, 0.15) is 24.7 Å². The summed E-state index contributed by atoms with van der Waals surface area (Å²) in [5, 5.41) is 5.21. The van der Waals surface area contributed by atoms with E-state index in [0.29, 0.717) is 83.8 Å². The summed E-state index contributed by atoms with van der Waals surface area (Å²) in [7, 11) is 0. The van der Waals surface area contributed by atoms with Crippen molar-refractivity contribution in [2.75, 3.05) is 32.7 Å². The first-order chi connectivity index (χ1) is 24.4. The fraction of sp³-hybridized carbons (Fsp3) is 0.576. The van der Waals surface area contributed by atoms with Crippen molar-refractivity contribution in [2.45, 2.75) is 88.0 Å². The summed E-state index contributed by atoms with van der Waals surface area (Å²) in [5.41, 5.74) is 33.1. The Hall–Kier alpha value is -5.10. The van der Waals surface area contributed by atoms with Crippen molar-refractivity contribution < 1.29 is 28.8 Å². The molecule has 51 heavy (non-hydrogen) atoms. The third-order valence-electron chi connectivity index (χ3n) is 8.34. The molecule has 0 aromatic heterocycles. The van der Waals surface area contributed by atoms with Gasteiger partial charge in [-0.05, 0) is 63.4 Å². The van der Waals surface area contributed by atoms with Gasteiger partial charge in [0.15, 0.2) is 11.9 Å². The molecule has 2 aliphatic rings. The van der Waals surface area contributed by atoms with Crippen LogP contribution in [0.15, 0.2) is 40.3 Å². The minimum Gasteiger partial charge on any atom is -0.370 e. The van der Waals surface area contributed by atoms with Crippen molar-refractivity contribution in [3.05, 3.63) is 35.9 Å². The second kappa shape index (κ2) is 22.6. The van der Waals surface area contributed by atoms with Gasteiger partial charge in [-0.1, -0.05) is 30.3 Å². The van der Waals surface area contributed by atoms with Gasteiger partial charge < -0.3 is 64.4 Å². The van der Waals surface area contributed by atoms with Gasteiger partial charge in [-0.2, -0.15) is 0 Å². The van der Waals surface area contributed by atoms with Crippen molar-refractivity contribution in [1.82, 2.24) is 20.4 Å². The van der Waals surface area contributed by atoms with Crippen molar-refractivity contribution >= 4 is 48.1 Å². The Morgan fingerprint density at radius 1 is 0.824 bits per heavy atom. The maximum Gasteiger partial charge on any atom is 0.246 e. The van der Waals surface area contributed by atoms with Crippen LogP contribution in [0.1, 0.15) is 56.9 Å². The lowest BCUT2D eigenvalue weighted by Crippen LogP contribution is -2.55. The standard InChI is InChI=1S/C27H40N8O5.C6H14N4O/c28-20(9-4-12-31-27(29)30)25(39)35-14-6-11-22(35)26(40)34-13-5-10-21(34)24(38)32-16-23(37)33-19(17-36)15-18-7-2-1-3-8-18;7-5(4-11)2-1-3-10-6(8)9/h1-3,7-8,17,19-22H,4-6,9-16,28H2,(H,32,38)(H,33,37)(H4,29,30,31);4-5H,1-3,7H2,(H4,8,9,10)/t19-,20-,21-,22-;5-/m00/s1. The van der Waals surface area contributed by atoms with Gasteiger partial charge in [-0.15, -0.1) is 0 Å². The molecule has 0 saturated carbocycles. The number of benzene rings is 1. The van der Waals surface area contributed by atoms with Crippen LogP contribution >= 0.6 is 0 Å². The quantitative estimate of drug-likeness (QED) is 0.0326. The monoisotopic (exact) mass is 714 g/mol. The van der Waals surface area contributed by atoms with Crippen LogP contribution in [0.25, 0.3) is 0 Å². The molecule has 2 fully saturated rings. The second-order valence-electron chi connectivity index (χ2n) is 12.4.